The first-order valence-corrected chi connectivity index (χ1v) is 10.7. The summed E-state index contributed by atoms with van der Waals surface area (Å²) in [5.41, 5.74) is 4.11. The van der Waals surface area contributed by atoms with Gasteiger partial charge in [-0.2, -0.15) is 0 Å². The van der Waals surface area contributed by atoms with Crippen molar-refractivity contribution in [3.63, 3.8) is 0 Å². The number of alkyl carbamates (subject to hydrolysis) is 1. The largest absolute Gasteiger partial charge is 0.481 e. The number of hydrogen-bond donors (Lipinski definition) is 3. The van der Waals surface area contributed by atoms with Crippen LogP contribution in [0.2, 0.25) is 0 Å². The summed E-state index contributed by atoms with van der Waals surface area (Å²) in [6.07, 6.45) is -5.91. The van der Waals surface area contributed by atoms with Gasteiger partial charge >= 0.3 is 12.1 Å². The van der Waals surface area contributed by atoms with E-state index in [-0.39, 0.29) is 12.5 Å². The van der Waals surface area contributed by atoms with Crippen LogP contribution in [0.25, 0.3) is 11.1 Å². The Morgan fingerprint density at radius 1 is 1.00 bits per heavy atom. The fraction of sp³-hybridized carbons (Fsp3) is 0.375. The molecule has 0 bridgehead atoms. The molecule has 0 aromatic heterocycles. The number of nitrogens with one attached hydrogen (secondary N) is 2. The number of alkyl halides is 2. The van der Waals surface area contributed by atoms with E-state index in [0.29, 0.717) is 0 Å². The highest BCUT2D eigenvalue weighted by Gasteiger charge is 2.34. The van der Waals surface area contributed by atoms with Gasteiger partial charge in [0.15, 0.2) is 0 Å². The molecule has 2 aromatic carbocycles. The van der Waals surface area contributed by atoms with Gasteiger partial charge in [0.1, 0.15) is 18.7 Å². The molecule has 0 saturated heterocycles. The number of halogens is 2. The summed E-state index contributed by atoms with van der Waals surface area (Å²) < 4.78 is 36.8. The first-order valence-electron chi connectivity index (χ1n) is 10.7. The van der Waals surface area contributed by atoms with Crippen molar-refractivity contribution in [1.82, 2.24) is 10.6 Å². The van der Waals surface area contributed by atoms with Gasteiger partial charge in [0.2, 0.25) is 5.91 Å². The second-order valence-electron chi connectivity index (χ2n) is 7.94. The van der Waals surface area contributed by atoms with Crippen LogP contribution in [0.5, 0.6) is 0 Å². The fourth-order valence-electron chi connectivity index (χ4n) is 3.96. The number of aliphatic carboxylic acids is 1. The van der Waals surface area contributed by atoms with Crippen molar-refractivity contribution in [3.05, 3.63) is 59.7 Å². The predicted octanol–water partition coefficient (Wildman–Crippen LogP) is 3.15. The van der Waals surface area contributed by atoms with E-state index in [1.807, 2.05) is 53.8 Å². The summed E-state index contributed by atoms with van der Waals surface area (Å²) >= 11 is 0. The number of hydrogen-bond acceptors (Lipinski definition) is 5. The summed E-state index contributed by atoms with van der Waals surface area (Å²) in [5.74, 6) is -2.70. The molecular formula is C24H26F2N2O6. The van der Waals surface area contributed by atoms with E-state index in [1.165, 1.54) is 14.0 Å². The summed E-state index contributed by atoms with van der Waals surface area (Å²) in [5, 5.41) is 13.1. The van der Waals surface area contributed by atoms with Crippen molar-refractivity contribution < 1.29 is 37.7 Å². The lowest BCUT2D eigenvalue weighted by Gasteiger charge is -2.26. The van der Waals surface area contributed by atoms with Gasteiger partial charge in [0, 0.05) is 13.0 Å². The molecular weight excluding hydrogens is 450 g/mol. The highest BCUT2D eigenvalue weighted by atomic mass is 19.3. The molecule has 3 rings (SSSR count). The Balaban J connectivity index is 1.68. The molecule has 0 fully saturated rings. The van der Waals surface area contributed by atoms with Gasteiger partial charge in [-0.1, -0.05) is 48.5 Å². The molecule has 3 unspecified atom stereocenters. The molecule has 0 radical (unpaired) electrons. The molecule has 1 aliphatic rings. The number of rotatable bonds is 10. The Labute approximate surface area is 195 Å². The number of carboxylic acids is 1. The number of methoxy groups -OCH3 is 1. The van der Waals surface area contributed by atoms with E-state index in [9.17, 15) is 23.2 Å². The van der Waals surface area contributed by atoms with Crippen LogP contribution in [-0.4, -0.2) is 61.4 Å². The molecule has 10 heteroatoms. The first kappa shape index (κ1) is 25.1. The summed E-state index contributed by atoms with van der Waals surface area (Å²) in [6.45, 7) is 1.46. The minimum absolute atomic E-state index is 0.00572. The Bertz CT molecular complexity index is 1000. The van der Waals surface area contributed by atoms with Crippen LogP contribution in [0.3, 0.4) is 0 Å². The minimum atomic E-state index is -3.10. The van der Waals surface area contributed by atoms with E-state index in [2.05, 4.69) is 5.32 Å². The number of benzene rings is 2. The maximum absolute atomic E-state index is 13.1. The van der Waals surface area contributed by atoms with Crippen LogP contribution < -0.4 is 10.6 Å². The van der Waals surface area contributed by atoms with Crippen molar-refractivity contribution in [2.75, 3.05) is 13.7 Å². The molecule has 1 aliphatic carbocycles. The van der Waals surface area contributed by atoms with E-state index < -0.39 is 49.0 Å². The van der Waals surface area contributed by atoms with E-state index >= 15 is 0 Å². The summed E-state index contributed by atoms with van der Waals surface area (Å²) in [7, 11) is 1.28. The van der Waals surface area contributed by atoms with E-state index in [0.717, 1.165) is 22.3 Å². The second kappa shape index (κ2) is 11.1. The molecule has 3 atom stereocenters. The first-order chi connectivity index (χ1) is 16.2. The van der Waals surface area contributed by atoms with Crippen LogP contribution >= 0.6 is 0 Å². The van der Waals surface area contributed by atoms with Gasteiger partial charge in [-0.25, -0.2) is 13.6 Å². The zero-order valence-corrected chi connectivity index (χ0v) is 18.7. The second-order valence-corrected chi connectivity index (χ2v) is 7.94. The average molecular weight is 476 g/mol. The Morgan fingerprint density at radius 3 is 2.06 bits per heavy atom. The molecule has 182 valence electrons. The van der Waals surface area contributed by atoms with Gasteiger partial charge in [0.25, 0.3) is 6.43 Å². The minimum Gasteiger partial charge on any atom is -0.481 e. The van der Waals surface area contributed by atoms with Gasteiger partial charge < -0.3 is 25.2 Å². The fourth-order valence-corrected chi connectivity index (χ4v) is 3.96. The van der Waals surface area contributed by atoms with Crippen LogP contribution in [0.1, 0.15) is 30.4 Å². The van der Waals surface area contributed by atoms with Crippen LogP contribution in [0.15, 0.2) is 48.5 Å². The lowest BCUT2D eigenvalue weighted by Crippen LogP contribution is -2.56. The quantitative estimate of drug-likeness (QED) is 0.486. The number of fused-ring (bicyclic) bond motifs is 3. The highest BCUT2D eigenvalue weighted by molar-refractivity contribution is 5.87. The normalized spacial score (nSPS) is 15.1. The Morgan fingerprint density at radius 2 is 1.56 bits per heavy atom. The zero-order valence-electron chi connectivity index (χ0n) is 18.7. The van der Waals surface area contributed by atoms with Crippen molar-refractivity contribution in [1.29, 1.82) is 0 Å². The van der Waals surface area contributed by atoms with Gasteiger partial charge in [0.05, 0.1) is 12.5 Å². The lowest BCUT2D eigenvalue weighted by atomic mass is 9.98. The maximum Gasteiger partial charge on any atom is 0.407 e. The van der Waals surface area contributed by atoms with Crippen LogP contribution in [0.4, 0.5) is 13.6 Å². The van der Waals surface area contributed by atoms with Crippen LogP contribution in [-0.2, 0) is 19.1 Å². The van der Waals surface area contributed by atoms with Crippen LogP contribution in [0, 0.1) is 0 Å². The summed E-state index contributed by atoms with van der Waals surface area (Å²) in [6, 6.07) is 12.3. The number of ether oxygens (including phenoxy) is 2. The molecule has 0 saturated carbocycles. The highest BCUT2D eigenvalue weighted by Crippen LogP contribution is 2.44. The third kappa shape index (κ3) is 5.69. The van der Waals surface area contributed by atoms with Gasteiger partial charge in [-0.15, -0.1) is 0 Å². The topological polar surface area (TPSA) is 114 Å². The van der Waals surface area contributed by atoms with Crippen molar-refractivity contribution in [2.24, 2.45) is 0 Å². The standard InChI is InChI=1S/C24H26F2N2O6/c1-13(33-2)21(23(31)27-19(22(25)26)11-20(29)30)28-24(32)34-12-18-16-9-5-3-7-14(16)15-8-4-6-10-17(15)18/h3-10,13,18-19,21-22H,11-12H2,1-2H3,(H,27,31)(H,28,32)(H,29,30). The van der Waals surface area contributed by atoms with Gasteiger partial charge in [-0.05, 0) is 29.2 Å². The zero-order chi connectivity index (χ0) is 24.8. The number of amides is 2. The molecule has 8 nitrogen and oxygen atoms in total. The van der Waals surface area contributed by atoms with E-state index in [4.69, 9.17) is 14.6 Å². The smallest absolute Gasteiger partial charge is 0.407 e. The molecule has 0 spiro atoms. The third-order valence-electron chi connectivity index (χ3n) is 5.77. The molecule has 0 aliphatic heterocycles. The molecule has 2 aromatic rings. The Hall–Kier alpha value is -3.53. The third-order valence-corrected chi connectivity index (χ3v) is 5.77. The number of carbonyl (C=O) groups is 3. The molecule has 3 N–H and O–H groups in total. The maximum atomic E-state index is 13.1. The monoisotopic (exact) mass is 476 g/mol. The lowest BCUT2D eigenvalue weighted by molar-refractivity contribution is -0.139. The number of carbonyl (C=O) groups excluding carboxylic acids is 2. The van der Waals surface area contributed by atoms with Crippen molar-refractivity contribution in [3.8, 4) is 11.1 Å². The summed E-state index contributed by atoms with van der Waals surface area (Å²) in [4.78, 5) is 35.9. The predicted molar refractivity (Wildman–Crippen MR) is 119 cm³/mol. The molecule has 2 amide bonds. The average Bonchev–Trinajstić information content (AvgIpc) is 3.13. The van der Waals surface area contributed by atoms with Crippen molar-refractivity contribution in [2.45, 2.75) is 43.9 Å². The molecule has 0 heterocycles. The Kier molecular flexibility index (Phi) is 8.17. The molecule has 34 heavy (non-hydrogen) atoms. The van der Waals surface area contributed by atoms with Crippen molar-refractivity contribution >= 4 is 18.0 Å². The van der Waals surface area contributed by atoms with E-state index in [1.54, 1.807) is 0 Å². The SMILES string of the molecule is COC(C)C(NC(=O)OCC1c2ccccc2-c2ccccc21)C(=O)NC(CC(=O)O)C(F)F. The number of carboxylic acid groups (broad SMARTS) is 1. The van der Waals surface area contributed by atoms with Gasteiger partial charge in [-0.3, -0.25) is 9.59 Å².